The fraction of sp³-hybridized carbons (Fsp3) is 0.462. The minimum Gasteiger partial charge on any atom is -0.388 e. The van der Waals surface area contributed by atoms with Crippen molar-refractivity contribution < 1.29 is 9.90 Å². The van der Waals surface area contributed by atoms with E-state index in [1.165, 1.54) is 0 Å². The minimum atomic E-state index is -0.660. The SMILES string of the molecule is CC[C@@H](C)C(=O)C[C@@H](O)c1ccccc1. The van der Waals surface area contributed by atoms with Crippen LogP contribution in [0, 0.1) is 5.92 Å². The summed E-state index contributed by atoms with van der Waals surface area (Å²) in [4.78, 5) is 11.6. The molecule has 2 heteroatoms. The number of Topliss-reactive ketones (excluding diaryl/α,β-unsaturated/α-hetero) is 1. The van der Waals surface area contributed by atoms with E-state index in [1.54, 1.807) is 0 Å². The fourth-order valence-electron chi connectivity index (χ4n) is 1.41. The predicted octanol–water partition coefficient (Wildman–Crippen LogP) is 2.73. The first kappa shape index (κ1) is 11.9. The van der Waals surface area contributed by atoms with Crippen LogP contribution >= 0.6 is 0 Å². The Morgan fingerprint density at radius 3 is 2.47 bits per heavy atom. The molecule has 0 saturated carbocycles. The molecule has 0 saturated heterocycles. The van der Waals surface area contributed by atoms with Crippen LogP contribution in [0.1, 0.15) is 38.4 Å². The van der Waals surface area contributed by atoms with Crippen molar-refractivity contribution in [1.82, 2.24) is 0 Å². The second kappa shape index (κ2) is 5.66. The van der Waals surface area contributed by atoms with Crippen molar-refractivity contribution in [2.45, 2.75) is 32.8 Å². The van der Waals surface area contributed by atoms with E-state index in [0.29, 0.717) is 0 Å². The third-order valence-electron chi connectivity index (χ3n) is 2.74. The van der Waals surface area contributed by atoms with Gasteiger partial charge in [-0.3, -0.25) is 4.79 Å². The second-order valence-corrected chi connectivity index (χ2v) is 3.91. The highest BCUT2D eigenvalue weighted by atomic mass is 16.3. The van der Waals surface area contributed by atoms with Crippen LogP contribution in [0.4, 0.5) is 0 Å². The molecule has 0 aliphatic rings. The molecule has 0 fully saturated rings. The molecule has 15 heavy (non-hydrogen) atoms. The lowest BCUT2D eigenvalue weighted by atomic mass is 9.96. The number of carbonyl (C=O) groups is 1. The minimum absolute atomic E-state index is 0.0448. The van der Waals surface area contributed by atoms with Gasteiger partial charge in [0.1, 0.15) is 5.78 Å². The van der Waals surface area contributed by atoms with E-state index in [-0.39, 0.29) is 18.1 Å². The Labute approximate surface area is 90.9 Å². The number of hydrogen-bond acceptors (Lipinski definition) is 2. The van der Waals surface area contributed by atoms with Gasteiger partial charge in [-0.05, 0) is 12.0 Å². The first-order chi connectivity index (χ1) is 7.15. The molecule has 82 valence electrons. The van der Waals surface area contributed by atoms with Crippen molar-refractivity contribution in [2.24, 2.45) is 5.92 Å². The highest BCUT2D eigenvalue weighted by Gasteiger charge is 2.16. The van der Waals surface area contributed by atoms with Crippen molar-refractivity contribution >= 4 is 5.78 Å². The van der Waals surface area contributed by atoms with Gasteiger partial charge in [0.15, 0.2) is 0 Å². The number of aliphatic hydroxyl groups is 1. The average Bonchev–Trinajstić information content (AvgIpc) is 2.29. The van der Waals surface area contributed by atoms with Gasteiger partial charge in [0.2, 0.25) is 0 Å². The average molecular weight is 206 g/mol. The molecule has 1 aromatic carbocycles. The lowest BCUT2D eigenvalue weighted by Crippen LogP contribution is -2.13. The molecule has 0 bridgehead atoms. The Morgan fingerprint density at radius 2 is 1.93 bits per heavy atom. The number of ketones is 1. The summed E-state index contributed by atoms with van der Waals surface area (Å²) in [5.41, 5.74) is 0.814. The number of aliphatic hydroxyl groups excluding tert-OH is 1. The van der Waals surface area contributed by atoms with E-state index >= 15 is 0 Å². The Kier molecular flexibility index (Phi) is 4.50. The molecular formula is C13H18O2. The molecule has 2 nitrogen and oxygen atoms in total. The summed E-state index contributed by atoms with van der Waals surface area (Å²) in [6, 6.07) is 9.31. The zero-order chi connectivity index (χ0) is 11.3. The summed E-state index contributed by atoms with van der Waals surface area (Å²) >= 11 is 0. The van der Waals surface area contributed by atoms with Gasteiger partial charge in [-0.2, -0.15) is 0 Å². The van der Waals surface area contributed by atoms with Gasteiger partial charge in [0.25, 0.3) is 0 Å². The molecule has 1 rings (SSSR count). The Bertz CT molecular complexity index is 306. The second-order valence-electron chi connectivity index (χ2n) is 3.91. The summed E-state index contributed by atoms with van der Waals surface area (Å²) in [6.45, 7) is 3.89. The molecule has 2 atom stereocenters. The summed E-state index contributed by atoms with van der Waals surface area (Å²) in [5, 5.41) is 9.81. The quantitative estimate of drug-likeness (QED) is 0.804. The maximum absolute atomic E-state index is 11.6. The van der Waals surface area contributed by atoms with Gasteiger partial charge in [0.05, 0.1) is 6.10 Å². The molecule has 0 aliphatic carbocycles. The van der Waals surface area contributed by atoms with E-state index in [0.717, 1.165) is 12.0 Å². The van der Waals surface area contributed by atoms with Crippen molar-refractivity contribution in [3.05, 3.63) is 35.9 Å². The third-order valence-corrected chi connectivity index (χ3v) is 2.74. The van der Waals surface area contributed by atoms with Crippen LogP contribution in [-0.2, 0) is 4.79 Å². The number of hydrogen-bond donors (Lipinski definition) is 1. The Hall–Kier alpha value is -1.15. The lowest BCUT2D eigenvalue weighted by Gasteiger charge is -2.12. The molecule has 0 unspecified atom stereocenters. The normalized spacial score (nSPS) is 14.6. The van der Waals surface area contributed by atoms with E-state index in [9.17, 15) is 9.90 Å². The fourth-order valence-corrected chi connectivity index (χ4v) is 1.41. The smallest absolute Gasteiger partial charge is 0.138 e. The summed E-state index contributed by atoms with van der Waals surface area (Å²) in [5.74, 6) is 0.178. The van der Waals surface area contributed by atoms with Gasteiger partial charge in [-0.15, -0.1) is 0 Å². The van der Waals surface area contributed by atoms with E-state index < -0.39 is 6.10 Å². The number of rotatable bonds is 5. The molecular weight excluding hydrogens is 188 g/mol. The highest BCUT2D eigenvalue weighted by molar-refractivity contribution is 5.81. The van der Waals surface area contributed by atoms with Crippen LogP contribution < -0.4 is 0 Å². The van der Waals surface area contributed by atoms with Crippen molar-refractivity contribution in [3.8, 4) is 0 Å². The van der Waals surface area contributed by atoms with Crippen molar-refractivity contribution in [3.63, 3.8) is 0 Å². The largest absolute Gasteiger partial charge is 0.388 e. The third kappa shape index (κ3) is 3.48. The van der Waals surface area contributed by atoms with E-state index in [4.69, 9.17) is 0 Å². The summed E-state index contributed by atoms with van der Waals surface area (Å²) < 4.78 is 0. The maximum Gasteiger partial charge on any atom is 0.138 e. The Balaban J connectivity index is 2.56. The zero-order valence-corrected chi connectivity index (χ0v) is 9.31. The van der Waals surface area contributed by atoms with Gasteiger partial charge in [-0.1, -0.05) is 44.2 Å². The summed E-state index contributed by atoms with van der Waals surface area (Å²) in [6.07, 6.45) is 0.395. The predicted molar refractivity (Wildman–Crippen MR) is 60.5 cm³/mol. The highest BCUT2D eigenvalue weighted by Crippen LogP contribution is 2.19. The molecule has 0 radical (unpaired) electrons. The van der Waals surface area contributed by atoms with E-state index in [2.05, 4.69) is 0 Å². The number of carbonyl (C=O) groups excluding carboxylic acids is 1. The molecule has 0 spiro atoms. The van der Waals surface area contributed by atoms with Gasteiger partial charge in [-0.25, -0.2) is 0 Å². The van der Waals surface area contributed by atoms with Crippen molar-refractivity contribution in [1.29, 1.82) is 0 Å². The molecule has 0 aromatic heterocycles. The topological polar surface area (TPSA) is 37.3 Å². The first-order valence-corrected chi connectivity index (χ1v) is 5.40. The van der Waals surface area contributed by atoms with Crippen LogP contribution in [-0.4, -0.2) is 10.9 Å². The maximum atomic E-state index is 11.6. The molecule has 0 heterocycles. The Morgan fingerprint density at radius 1 is 1.33 bits per heavy atom. The van der Waals surface area contributed by atoms with Crippen LogP contribution in [0.3, 0.4) is 0 Å². The van der Waals surface area contributed by atoms with Crippen LogP contribution in [0.2, 0.25) is 0 Å². The van der Waals surface area contributed by atoms with Gasteiger partial charge < -0.3 is 5.11 Å². The molecule has 0 amide bonds. The summed E-state index contributed by atoms with van der Waals surface area (Å²) in [7, 11) is 0. The molecule has 0 aliphatic heterocycles. The van der Waals surface area contributed by atoms with E-state index in [1.807, 2.05) is 44.2 Å². The van der Waals surface area contributed by atoms with Crippen LogP contribution in [0.15, 0.2) is 30.3 Å². The first-order valence-electron chi connectivity index (χ1n) is 5.40. The molecule has 1 aromatic rings. The van der Waals surface area contributed by atoms with Crippen LogP contribution in [0.5, 0.6) is 0 Å². The monoisotopic (exact) mass is 206 g/mol. The van der Waals surface area contributed by atoms with Crippen molar-refractivity contribution in [2.75, 3.05) is 0 Å². The molecule has 1 N–H and O–H groups in total. The lowest BCUT2D eigenvalue weighted by molar-refractivity contribution is -0.124. The van der Waals surface area contributed by atoms with Crippen LogP contribution in [0.25, 0.3) is 0 Å². The standard InChI is InChI=1S/C13H18O2/c1-3-10(2)12(14)9-13(15)11-7-5-4-6-8-11/h4-8,10,13,15H,3,9H2,1-2H3/t10-,13-/m1/s1. The zero-order valence-electron chi connectivity index (χ0n) is 9.31. The number of benzene rings is 1. The van der Waals surface area contributed by atoms with Gasteiger partial charge in [0, 0.05) is 12.3 Å². The van der Waals surface area contributed by atoms with Gasteiger partial charge >= 0.3 is 0 Å².